The second kappa shape index (κ2) is 3.23. The van der Waals surface area contributed by atoms with E-state index in [1.165, 1.54) is 0 Å². The molecule has 0 radical (unpaired) electrons. The zero-order valence-corrected chi connectivity index (χ0v) is 8.64. The van der Waals surface area contributed by atoms with E-state index in [2.05, 4.69) is 15.2 Å². The number of hydrogen-bond donors (Lipinski definition) is 3. The zero-order valence-electron chi connectivity index (χ0n) is 8.64. The van der Waals surface area contributed by atoms with E-state index in [-0.39, 0.29) is 5.75 Å². The molecule has 16 heavy (non-hydrogen) atoms. The van der Waals surface area contributed by atoms with Crippen molar-refractivity contribution in [1.29, 1.82) is 0 Å². The number of nitrogens with zero attached hydrogens (tertiary/aromatic N) is 2. The highest BCUT2D eigenvalue weighted by Crippen LogP contribution is 2.39. The van der Waals surface area contributed by atoms with Gasteiger partial charge in [-0.05, 0) is 31.0 Å². The molecule has 1 saturated carbocycles. The highest BCUT2D eigenvalue weighted by atomic mass is 16.3. The fourth-order valence-electron chi connectivity index (χ4n) is 1.67. The van der Waals surface area contributed by atoms with Crippen LogP contribution in [0, 0.1) is 0 Å². The molecule has 0 saturated heterocycles. The molecule has 0 unspecified atom stereocenters. The van der Waals surface area contributed by atoms with Crippen LogP contribution in [0.3, 0.4) is 0 Å². The van der Waals surface area contributed by atoms with Crippen LogP contribution in [0.1, 0.15) is 24.6 Å². The van der Waals surface area contributed by atoms with Crippen molar-refractivity contribution in [3.8, 4) is 17.1 Å². The number of rotatable bonds is 2. The predicted molar refractivity (Wildman–Crippen MR) is 59.9 cm³/mol. The average Bonchev–Trinajstić information content (AvgIpc) is 3.01. The summed E-state index contributed by atoms with van der Waals surface area (Å²) in [4.78, 5) is 4.36. The summed E-state index contributed by atoms with van der Waals surface area (Å²) in [6, 6.07) is 4.88. The fourth-order valence-corrected chi connectivity index (χ4v) is 1.67. The zero-order chi connectivity index (χ0) is 11.1. The summed E-state index contributed by atoms with van der Waals surface area (Å²) in [5.41, 5.74) is 6.83. The number of anilines is 1. The van der Waals surface area contributed by atoms with Crippen LogP contribution in [-0.2, 0) is 0 Å². The van der Waals surface area contributed by atoms with Gasteiger partial charge in [0, 0.05) is 11.6 Å². The molecule has 0 spiro atoms. The molecule has 4 N–H and O–H groups in total. The standard InChI is InChI=1S/C11H12N4O/c12-7-3-4-9(16)8(5-7)11-13-10(14-15-11)6-1-2-6/h3-6,16H,1-2,12H2,(H,13,14,15). The summed E-state index contributed by atoms with van der Waals surface area (Å²) >= 11 is 0. The fraction of sp³-hybridized carbons (Fsp3) is 0.273. The first-order valence-corrected chi connectivity index (χ1v) is 5.25. The first kappa shape index (κ1) is 9.21. The molecule has 82 valence electrons. The van der Waals surface area contributed by atoms with Crippen LogP contribution in [-0.4, -0.2) is 20.3 Å². The first-order chi connectivity index (χ1) is 7.74. The molecule has 2 aromatic rings. The maximum atomic E-state index is 9.70. The Bertz CT molecular complexity index is 531. The Labute approximate surface area is 92.3 Å². The molecule has 0 bridgehead atoms. The number of nitrogens with one attached hydrogen (secondary N) is 1. The molecule has 1 aromatic heterocycles. The highest BCUT2D eigenvalue weighted by Gasteiger charge is 2.27. The summed E-state index contributed by atoms with van der Waals surface area (Å²) in [6.07, 6.45) is 2.33. The SMILES string of the molecule is Nc1ccc(O)c(-c2n[nH]c(C3CC3)n2)c1. The molecule has 1 fully saturated rings. The Kier molecular flexibility index (Phi) is 1.86. The quantitative estimate of drug-likeness (QED) is 0.526. The number of aromatic amines is 1. The van der Waals surface area contributed by atoms with Crippen LogP contribution in [0.4, 0.5) is 5.69 Å². The minimum atomic E-state index is 0.149. The van der Waals surface area contributed by atoms with Crippen LogP contribution in [0.25, 0.3) is 11.4 Å². The summed E-state index contributed by atoms with van der Waals surface area (Å²) in [5.74, 6) is 2.07. The van der Waals surface area contributed by atoms with Gasteiger partial charge in [-0.2, -0.15) is 5.10 Å². The van der Waals surface area contributed by atoms with Crippen molar-refractivity contribution >= 4 is 5.69 Å². The van der Waals surface area contributed by atoms with Gasteiger partial charge in [0.15, 0.2) is 5.82 Å². The van der Waals surface area contributed by atoms with Gasteiger partial charge in [-0.3, -0.25) is 5.10 Å². The highest BCUT2D eigenvalue weighted by molar-refractivity contribution is 5.68. The molecular weight excluding hydrogens is 204 g/mol. The van der Waals surface area contributed by atoms with Gasteiger partial charge in [0.25, 0.3) is 0 Å². The molecule has 1 heterocycles. The molecule has 1 aliphatic rings. The Morgan fingerprint density at radius 2 is 2.19 bits per heavy atom. The number of nitrogens with two attached hydrogens (primary N) is 1. The molecule has 0 atom stereocenters. The average molecular weight is 216 g/mol. The van der Waals surface area contributed by atoms with Crippen molar-refractivity contribution in [3.63, 3.8) is 0 Å². The molecule has 5 heteroatoms. The largest absolute Gasteiger partial charge is 0.507 e. The van der Waals surface area contributed by atoms with E-state index >= 15 is 0 Å². The van der Waals surface area contributed by atoms with Gasteiger partial charge in [-0.15, -0.1) is 0 Å². The predicted octanol–water partition coefficient (Wildman–Crippen LogP) is 1.64. The minimum absolute atomic E-state index is 0.149. The molecule has 0 aliphatic heterocycles. The number of phenols is 1. The Morgan fingerprint density at radius 3 is 2.94 bits per heavy atom. The van der Waals surface area contributed by atoms with Crippen LogP contribution in [0.2, 0.25) is 0 Å². The van der Waals surface area contributed by atoms with Crippen LogP contribution >= 0.6 is 0 Å². The van der Waals surface area contributed by atoms with E-state index in [1.807, 2.05) is 0 Å². The summed E-state index contributed by atoms with van der Waals surface area (Å²) in [7, 11) is 0. The third-order valence-corrected chi connectivity index (χ3v) is 2.73. The van der Waals surface area contributed by atoms with Gasteiger partial charge in [-0.1, -0.05) is 0 Å². The van der Waals surface area contributed by atoms with Gasteiger partial charge in [0.05, 0.1) is 5.56 Å². The Balaban J connectivity index is 2.03. The monoisotopic (exact) mass is 216 g/mol. The third kappa shape index (κ3) is 1.50. The molecule has 5 nitrogen and oxygen atoms in total. The number of aromatic nitrogens is 3. The number of phenolic OH excluding ortho intramolecular Hbond substituents is 1. The third-order valence-electron chi connectivity index (χ3n) is 2.73. The second-order valence-electron chi connectivity index (χ2n) is 4.10. The lowest BCUT2D eigenvalue weighted by Gasteiger charge is -2.00. The Morgan fingerprint density at radius 1 is 1.38 bits per heavy atom. The van der Waals surface area contributed by atoms with Gasteiger partial charge < -0.3 is 10.8 Å². The van der Waals surface area contributed by atoms with Crippen molar-refractivity contribution in [1.82, 2.24) is 15.2 Å². The number of hydrogen-bond acceptors (Lipinski definition) is 4. The van der Waals surface area contributed by atoms with Crippen molar-refractivity contribution in [3.05, 3.63) is 24.0 Å². The number of H-pyrrole nitrogens is 1. The minimum Gasteiger partial charge on any atom is -0.507 e. The summed E-state index contributed by atoms with van der Waals surface area (Å²) in [6.45, 7) is 0. The van der Waals surface area contributed by atoms with Crippen LogP contribution < -0.4 is 5.73 Å². The van der Waals surface area contributed by atoms with Crippen molar-refractivity contribution in [2.45, 2.75) is 18.8 Å². The van der Waals surface area contributed by atoms with Crippen molar-refractivity contribution in [2.24, 2.45) is 0 Å². The lowest BCUT2D eigenvalue weighted by atomic mass is 10.1. The lowest BCUT2D eigenvalue weighted by molar-refractivity contribution is 0.477. The second-order valence-corrected chi connectivity index (χ2v) is 4.10. The van der Waals surface area contributed by atoms with Gasteiger partial charge in [0.1, 0.15) is 11.6 Å². The van der Waals surface area contributed by atoms with Gasteiger partial charge >= 0.3 is 0 Å². The molecule has 0 amide bonds. The normalized spacial score (nSPS) is 15.2. The number of nitrogen functional groups attached to an aromatic ring is 1. The lowest BCUT2D eigenvalue weighted by Crippen LogP contribution is -1.88. The maximum Gasteiger partial charge on any atom is 0.184 e. The van der Waals surface area contributed by atoms with Crippen LogP contribution in [0.5, 0.6) is 5.75 Å². The summed E-state index contributed by atoms with van der Waals surface area (Å²) in [5, 5.41) is 16.7. The van der Waals surface area contributed by atoms with Gasteiger partial charge in [-0.25, -0.2) is 4.98 Å². The van der Waals surface area contributed by atoms with Crippen molar-refractivity contribution < 1.29 is 5.11 Å². The van der Waals surface area contributed by atoms with Crippen LogP contribution in [0.15, 0.2) is 18.2 Å². The molecular formula is C11H12N4O. The maximum absolute atomic E-state index is 9.70. The van der Waals surface area contributed by atoms with E-state index in [0.717, 1.165) is 18.7 Å². The van der Waals surface area contributed by atoms with E-state index in [9.17, 15) is 5.11 Å². The number of aromatic hydroxyl groups is 1. The van der Waals surface area contributed by atoms with Gasteiger partial charge in [0.2, 0.25) is 0 Å². The number of benzene rings is 1. The molecule has 1 aromatic carbocycles. The van der Waals surface area contributed by atoms with E-state index < -0.39 is 0 Å². The first-order valence-electron chi connectivity index (χ1n) is 5.25. The Hall–Kier alpha value is -2.04. The van der Waals surface area contributed by atoms with E-state index in [0.29, 0.717) is 23.0 Å². The molecule has 1 aliphatic carbocycles. The van der Waals surface area contributed by atoms with E-state index in [4.69, 9.17) is 5.73 Å². The van der Waals surface area contributed by atoms with E-state index in [1.54, 1.807) is 18.2 Å². The van der Waals surface area contributed by atoms with Crippen molar-refractivity contribution in [2.75, 3.05) is 5.73 Å². The smallest absolute Gasteiger partial charge is 0.184 e. The summed E-state index contributed by atoms with van der Waals surface area (Å²) < 4.78 is 0. The topological polar surface area (TPSA) is 87.8 Å². The molecule has 3 rings (SSSR count).